The zero-order valence-corrected chi connectivity index (χ0v) is 13.9. The van der Waals surface area contributed by atoms with Crippen LogP contribution < -0.4 is 5.73 Å². The van der Waals surface area contributed by atoms with Gasteiger partial charge < -0.3 is 5.73 Å². The van der Waals surface area contributed by atoms with E-state index in [9.17, 15) is 8.42 Å². The van der Waals surface area contributed by atoms with Crippen molar-refractivity contribution in [3.63, 3.8) is 0 Å². The van der Waals surface area contributed by atoms with Gasteiger partial charge in [0, 0.05) is 19.1 Å². The lowest BCUT2D eigenvalue weighted by Crippen LogP contribution is -2.39. The number of sulfonamides is 1. The molecule has 0 bridgehead atoms. The molecule has 2 N–H and O–H groups in total. The summed E-state index contributed by atoms with van der Waals surface area (Å²) in [5, 5.41) is 0. The molecule has 2 rings (SSSR count). The van der Waals surface area contributed by atoms with Gasteiger partial charge in [0.2, 0.25) is 10.0 Å². The molecule has 1 saturated heterocycles. The topological polar surface area (TPSA) is 63.4 Å². The van der Waals surface area contributed by atoms with Crippen molar-refractivity contribution < 1.29 is 8.42 Å². The fourth-order valence-corrected chi connectivity index (χ4v) is 4.34. The molecule has 1 aromatic carbocycles. The summed E-state index contributed by atoms with van der Waals surface area (Å²) < 4.78 is 26.9. The molecule has 0 radical (unpaired) electrons. The van der Waals surface area contributed by atoms with Crippen molar-refractivity contribution in [2.45, 2.75) is 44.6 Å². The zero-order valence-electron chi connectivity index (χ0n) is 13.1. The maximum absolute atomic E-state index is 12.6. The molecule has 0 saturated carbocycles. The number of rotatable bonds is 4. The third-order valence-electron chi connectivity index (χ3n) is 4.49. The average molecular weight is 310 g/mol. The van der Waals surface area contributed by atoms with Crippen molar-refractivity contribution in [1.29, 1.82) is 0 Å². The van der Waals surface area contributed by atoms with Crippen LogP contribution in [0, 0.1) is 11.8 Å². The third kappa shape index (κ3) is 3.65. The van der Waals surface area contributed by atoms with Crippen molar-refractivity contribution in [1.82, 2.24) is 4.31 Å². The lowest BCUT2D eigenvalue weighted by Gasteiger charge is -2.33. The average Bonchev–Trinajstić information content (AvgIpc) is 2.47. The van der Waals surface area contributed by atoms with Gasteiger partial charge in [0.1, 0.15) is 0 Å². The number of nitrogens with two attached hydrogens (primary N) is 1. The summed E-state index contributed by atoms with van der Waals surface area (Å²) >= 11 is 0. The molecule has 0 spiro atoms. The molecule has 1 aliphatic rings. The van der Waals surface area contributed by atoms with Gasteiger partial charge in [-0.3, -0.25) is 0 Å². The molecule has 1 unspecified atom stereocenters. The molecule has 1 fully saturated rings. The summed E-state index contributed by atoms with van der Waals surface area (Å²) in [4.78, 5) is 0.370. The first-order valence-corrected chi connectivity index (χ1v) is 9.12. The van der Waals surface area contributed by atoms with E-state index >= 15 is 0 Å². The second kappa shape index (κ2) is 6.46. The fourth-order valence-electron chi connectivity index (χ4n) is 2.88. The van der Waals surface area contributed by atoms with Gasteiger partial charge in [-0.25, -0.2) is 8.42 Å². The monoisotopic (exact) mass is 310 g/mol. The highest BCUT2D eigenvalue weighted by Crippen LogP contribution is 2.28. The zero-order chi connectivity index (χ0) is 15.6. The predicted octanol–water partition coefficient (Wildman–Crippen LogP) is 2.76. The Morgan fingerprint density at radius 2 is 1.62 bits per heavy atom. The minimum Gasteiger partial charge on any atom is -0.324 e. The quantitative estimate of drug-likeness (QED) is 0.930. The number of piperidine rings is 1. The summed E-state index contributed by atoms with van der Waals surface area (Å²) in [7, 11) is -3.36. The van der Waals surface area contributed by atoms with E-state index < -0.39 is 10.0 Å². The maximum Gasteiger partial charge on any atom is 0.243 e. The number of hydrogen-bond donors (Lipinski definition) is 1. The Morgan fingerprint density at radius 3 is 2.05 bits per heavy atom. The fraction of sp³-hybridized carbons (Fsp3) is 0.625. The maximum atomic E-state index is 12.6. The first-order chi connectivity index (χ1) is 9.82. The van der Waals surface area contributed by atoms with Crippen LogP contribution in [0.4, 0.5) is 0 Å². The number of nitrogens with zero attached hydrogens (tertiary/aromatic N) is 1. The molecule has 0 aromatic heterocycles. The van der Waals surface area contributed by atoms with E-state index in [1.165, 1.54) is 0 Å². The Morgan fingerprint density at radius 1 is 1.10 bits per heavy atom. The third-order valence-corrected chi connectivity index (χ3v) is 6.40. The van der Waals surface area contributed by atoms with Crippen molar-refractivity contribution in [2.75, 3.05) is 13.1 Å². The molecule has 4 nitrogen and oxygen atoms in total. The van der Waals surface area contributed by atoms with Gasteiger partial charge in [-0.1, -0.05) is 26.0 Å². The van der Waals surface area contributed by atoms with E-state index in [0.717, 1.165) is 18.4 Å². The molecule has 1 heterocycles. The Bertz CT molecular complexity index is 556. The second-order valence-electron chi connectivity index (χ2n) is 6.34. The van der Waals surface area contributed by atoms with E-state index in [4.69, 9.17) is 5.73 Å². The minimum absolute atomic E-state index is 0.0801. The standard InChI is InChI=1S/C16H26N2O2S/c1-12(2)14-8-10-18(11-9-14)21(19,20)16-6-4-15(5-7-16)13(3)17/h4-7,12-14H,8-11,17H2,1-3H3. The van der Waals surface area contributed by atoms with E-state index in [1.54, 1.807) is 28.6 Å². The van der Waals surface area contributed by atoms with Gasteiger partial charge >= 0.3 is 0 Å². The van der Waals surface area contributed by atoms with Gasteiger partial charge in [0.05, 0.1) is 4.90 Å². The van der Waals surface area contributed by atoms with E-state index in [-0.39, 0.29) is 6.04 Å². The smallest absolute Gasteiger partial charge is 0.243 e. The molecule has 0 amide bonds. The summed E-state index contributed by atoms with van der Waals surface area (Å²) in [5.74, 6) is 1.26. The van der Waals surface area contributed by atoms with Crippen LogP contribution in [0.15, 0.2) is 29.2 Å². The Kier molecular flexibility index (Phi) is 5.07. The van der Waals surface area contributed by atoms with Gasteiger partial charge in [0.25, 0.3) is 0 Å². The molecule has 1 aromatic rings. The van der Waals surface area contributed by atoms with Crippen LogP contribution in [-0.4, -0.2) is 25.8 Å². The predicted molar refractivity (Wildman–Crippen MR) is 85.4 cm³/mol. The largest absolute Gasteiger partial charge is 0.324 e. The lowest BCUT2D eigenvalue weighted by atomic mass is 9.87. The SMILES string of the molecule is CC(N)c1ccc(S(=O)(=O)N2CCC(C(C)C)CC2)cc1. The molecule has 21 heavy (non-hydrogen) atoms. The summed E-state index contributed by atoms with van der Waals surface area (Å²) in [6, 6.07) is 6.87. The molecule has 118 valence electrons. The highest BCUT2D eigenvalue weighted by atomic mass is 32.2. The Labute approximate surface area is 128 Å². The number of benzene rings is 1. The van der Waals surface area contributed by atoms with Crippen molar-refractivity contribution in [3.8, 4) is 0 Å². The van der Waals surface area contributed by atoms with Crippen LogP contribution in [0.25, 0.3) is 0 Å². The van der Waals surface area contributed by atoms with E-state index in [0.29, 0.717) is 29.8 Å². The second-order valence-corrected chi connectivity index (χ2v) is 8.28. The van der Waals surface area contributed by atoms with E-state index in [1.807, 2.05) is 6.92 Å². The van der Waals surface area contributed by atoms with Gasteiger partial charge in [-0.15, -0.1) is 0 Å². The molecule has 0 aliphatic carbocycles. The summed E-state index contributed by atoms with van der Waals surface area (Å²) in [6.45, 7) is 7.56. The van der Waals surface area contributed by atoms with Crippen molar-refractivity contribution >= 4 is 10.0 Å². The van der Waals surface area contributed by atoms with Crippen LogP contribution in [0.1, 0.15) is 45.2 Å². The Balaban J connectivity index is 2.12. The van der Waals surface area contributed by atoms with Crippen molar-refractivity contribution in [2.24, 2.45) is 17.6 Å². The first kappa shape index (κ1) is 16.5. The van der Waals surface area contributed by atoms with Gasteiger partial charge in [-0.2, -0.15) is 4.31 Å². The van der Waals surface area contributed by atoms with Crippen LogP contribution in [0.5, 0.6) is 0 Å². The first-order valence-electron chi connectivity index (χ1n) is 7.68. The van der Waals surface area contributed by atoms with Crippen LogP contribution in [0.3, 0.4) is 0 Å². The van der Waals surface area contributed by atoms with E-state index in [2.05, 4.69) is 13.8 Å². The van der Waals surface area contributed by atoms with Gasteiger partial charge in [0.15, 0.2) is 0 Å². The van der Waals surface area contributed by atoms with Gasteiger partial charge in [-0.05, 0) is 49.3 Å². The van der Waals surface area contributed by atoms with Crippen LogP contribution >= 0.6 is 0 Å². The molecular formula is C16H26N2O2S. The van der Waals surface area contributed by atoms with Crippen LogP contribution in [-0.2, 0) is 10.0 Å². The summed E-state index contributed by atoms with van der Waals surface area (Å²) in [6.07, 6.45) is 1.91. The minimum atomic E-state index is -3.36. The molecule has 1 aliphatic heterocycles. The molecule has 5 heteroatoms. The summed E-state index contributed by atoms with van der Waals surface area (Å²) in [5.41, 5.74) is 6.75. The highest BCUT2D eigenvalue weighted by molar-refractivity contribution is 7.89. The molecule has 1 atom stereocenters. The van der Waals surface area contributed by atoms with Crippen molar-refractivity contribution in [3.05, 3.63) is 29.8 Å². The molecular weight excluding hydrogens is 284 g/mol. The number of hydrogen-bond acceptors (Lipinski definition) is 3. The normalized spacial score (nSPS) is 19.9. The van der Waals surface area contributed by atoms with Crippen LogP contribution in [0.2, 0.25) is 0 Å². The highest BCUT2D eigenvalue weighted by Gasteiger charge is 2.30. The Hall–Kier alpha value is -0.910. The lowest BCUT2D eigenvalue weighted by molar-refractivity contribution is 0.226.